The number of unbranched alkanes of at least 4 members (excludes halogenated alkanes) is 2. The van der Waals surface area contributed by atoms with Crippen LogP contribution in [0, 0.1) is 0 Å². The van der Waals surface area contributed by atoms with Gasteiger partial charge in [0.15, 0.2) is 0 Å². The van der Waals surface area contributed by atoms with E-state index in [1.54, 1.807) is 0 Å². The molecular weight excluding hydrogens is 226 g/mol. The summed E-state index contributed by atoms with van der Waals surface area (Å²) >= 11 is 0. The molecule has 0 aromatic heterocycles. The Morgan fingerprint density at radius 2 is 1.56 bits per heavy atom. The lowest BCUT2D eigenvalue weighted by Crippen LogP contribution is -2.22. The van der Waals surface area contributed by atoms with Crippen LogP contribution in [0.1, 0.15) is 33.1 Å². The molecule has 0 aliphatic carbocycles. The number of hydrogen-bond acceptors (Lipinski definition) is 3. The fourth-order valence-electron chi connectivity index (χ4n) is 1.66. The molecule has 0 fully saturated rings. The molecule has 0 bridgehead atoms. The standard InChI is InChI=1S/C15H25NO2/c1-3-5-6-11-16-12-13-18-15-9-7-14(8-10-15)17-4-2/h7-10,16H,3-6,11-13H2,1-2H3. The number of nitrogens with one attached hydrogen (secondary N) is 1. The first-order valence-corrected chi connectivity index (χ1v) is 6.93. The summed E-state index contributed by atoms with van der Waals surface area (Å²) in [5, 5.41) is 3.37. The lowest BCUT2D eigenvalue weighted by molar-refractivity contribution is 0.311. The van der Waals surface area contributed by atoms with Gasteiger partial charge in [-0.3, -0.25) is 0 Å². The van der Waals surface area contributed by atoms with Crippen LogP contribution in [0.15, 0.2) is 24.3 Å². The van der Waals surface area contributed by atoms with Gasteiger partial charge in [-0.15, -0.1) is 0 Å². The number of hydrogen-bond donors (Lipinski definition) is 1. The van der Waals surface area contributed by atoms with Crippen LogP contribution in [0.25, 0.3) is 0 Å². The minimum atomic E-state index is 0.696. The van der Waals surface area contributed by atoms with Gasteiger partial charge in [-0.25, -0.2) is 0 Å². The zero-order chi connectivity index (χ0) is 13.1. The van der Waals surface area contributed by atoms with Crippen LogP contribution in [0.3, 0.4) is 0 Å². The Kier molecular flexibility index (Phi) is 8.06. The largest absolute Gasteiger partial charge is 0.494 e. The Morgan fingerprint density at radius 1 is 0.889 bits per heavy atom. The van der Waals surface area contributed by atoms with Gasteiger partial charge in [0.25, 0.3) is 0 Å². The van der Waals surface area contributed by atoms with Crippen LogP contribution >= 0.6 is 0 Å². The van der Waals surface area contributed by atoms with Gasteiger partial charge in [0.1, 0.15) is 18.1 Å². The molecule has 0 saturated heterocycles. The summed E-state index contributed by atoms with van der Waals surface area (Å²) in [6, 6.07) is 7.77. The molecule has 0 unspecified atom stereocenters. The third-order valence-corrected chi connectivity index (χ3v) is 2.64. The van der Waals surface area contributed by atoms with Crippen molar-refractivity contribution in [3.63, 3.8) is 0 Å². The molecule has 0 aliphatic heterocycles. The minimum absolute atomic E-state index is 0.696. The molecule has 0 atom stereocenters. The zero-order valence-corrected chi connectivity index (χ0v) is 11.6. The van der Waals surface area contributed by atoms with Crippen LogP contribution in [-0.4, -0.2) is 26.3 Å². The Hall–Kier alpha value is -1.22. The smallest absolute Gasteiger partial charge is 0.119 e. The summed E-state index contributed by atoms with van der Waals surface area (Å²) in [5.41, 5.74) is 0. The number of benzene rings is 1. The highest BCUT2D eigenvalue weighted by molar-refractivity contribution is 5.31. The van der Waals surface area contributed by atoms with Crippen molar-refractivity contribution in [3.8, 4) is 11.5 Å². The Bertz CT molecular complexity index is 298. The van der Waals surface area contributed by atoms with E-state index in [4.69, 9.17) is 9.47 Å². The SMILES string of the molecule is CCCCCNCCOc1ccc(OCC)cc1. The van der Waals surface area contributed by atoms with Gasteiger partial charge >= 0.3 is 0 Å². The molecule has 1 aromatic rings. The third kappa shape index (κ3) is 6.50. The van der Waals surface area contributed by atoms with E-state index in [2.05, 4.69) is 12.2 Å². The first-order valence-electron chi connectivity index (χ1n) is 6.93. The lowest BCUT2D eigenvalue weighted by Gasteiger charge is -2.08. The van der Waals surface area contributed by atoms with E-state index in [9.17, 15) is 0 Å². The summed E-state index contributed by atoms with van der Waals surface area (Å²) in [5.74, 6) is 1.79. The van der Waals surface area contributed by atoms with Crippen LogP contribution in [-0.2, 0) is 0 Å². The highest BCUT2D eigenvalue weighted by Gasteiger charge is 1.95. The van der Waals surface area contributed by atoms with E-state index >= 15 is 0 Å². The van der Waals surface area contributed by atoms with E-state index in [-0.39, 0.29) is 0 Å². The maximum absolute atomic E-state index is 5.63. The normalized spacial score (nSPS) is 10.3. The highest BCUT2D eigenvalue weighted by atomic mass is 16.5. The fourth-order valence-corrected chi connectivity index (χ4v) is 1.66. The molecule has 0 radical (unpaired) electrons. The zero-order valence-electron chi connectivity index (χ0n) is 11.6. The number of ether oxygens (including phenoxy) is 2. The monoisotopic (exact) mass is 251 g/mol. The molecule has 3 heteroatoms. The number of rotatable bonds is 10. The molecule has 102 valence electrons. The molecule has 0 heterocycles. The van der Waals surface area contributed by atoms with Crippen molar-refractivity contribution in [3.05, 3.63) is 24.3 Å². The van der Waals surface area contributed by atoms with E-state index in [0.29, 0.717) is 13.2 Å². The molecule has 18 heavy (non-hydrogen) atoms. The summed E-state index contributed by atoms with van der Waals surface area (Å²) in [4.78, 5) is 0. The van der Waals surface area contributed by atoms with E-state index in [1.807, 2.05) is 31.2 Å². The van der Waals surface area contributed by atoms with Crippen molar-refractivity contribution in [2.45, 2.75) is 33.1 Å². The molecule has 0 amide bonds. The molecule has 3 nitrogen and oxygen atoms in total. The van der Waals surface area contributed by atoms with Crippen LogP contribution in [0.2, 0.25) is 0 Å². The van der Waals surface area contributed by atoms with Crippen molar-refractivity contribution in [1.82, 2.24) is 5.32 Å². The third-order valence-electron chi connectivity index (χ3n) is 2.64. The molecular formula is C15H25NO2. The second kappa shape index (κ2) is 9.77. The summed E-state index contributed by atoms with van der Waals surface area (Å²) in [6.45, 7) is 7.59. The second-order valence-corrected chi connectivity index (χ2v) is 4.21. The second-order valence-electron chi connectivity index (χ2n) is 4.21. The van der Waals surface area contributed by atoms with E-state index in [0.717, 1.165) is 24.6 Å². The van der Waals surface area contributed by atoms with Gasteiger partial charge in [-0.2, -0.15) is 0 Å². The fraction of sp³-hybridized carbons (Fsp3) is 0.600. The van der Waals surface area contributed by atoms with Gasteiger partial charge in [0.05, 0.1) is 6.61 Å². The first-order chi connectivity index (χ1) is 8.86. The summed E-state index contributed by atoms with van der Waals surface area (Å²) in [6.07, 6.45) is 3.82. The molecule has 0 spiro atoms. The van der Waals surface area contributed by atoms with E-state index < -0.39 is 0 Å². The first kappa shape index (κ1) is 14.8. The van der Waals surface area contributed by atoms with Crippen molar-refractivity contribution in [1.29, 1.82) is 0 Å². The van der Waals surface area contributed by atoms with Crippen molar-refractivity contribution in [2.24, 2.45) is 0 Å². The van der Waals surface area contributed by atoms with Crippen molar-refractivity contribution >= 4 is 0 Å². The average molecular weight is 251 g/mol. The van der Waals surface area contributed by atoms with Crippen molar-refractivity contribution in [2.75, 3.05) is 26.3 Å². The van der Waals surface area contributed by atoms with Crippen LogP contribution < -0.4 is 14.8 Å². The predicted molar refractivity (Wildman–Crippen MR) is 75.5 cm³/mol. The maximum Gasteiger partial charge on any atom is 0.119 e. The molecule has 1 N–H and O–H groups in total. The molecule has 0 saturated carbocycles. The van der Waals surface area contributed by atoms with Gasteiger partial charge in [0, 0.05) is 6.54 Å². The summed E-state index contributed by atoms with van der Waals surface area (Å²) in [7, 11) is 0. The van der Waals surface area contributed by atoms with E-state index in [1.165, 1.54) is 19.3 Å². The maximum atomic E-state index is 5.63. The lowest BCUT2D eigenvalue weighted by atomic mass is 10.2. The molecule has 0 aliphatic rings. The van der Waals surface area contributed by atoms with Gasteiger partial charge in [0.2, 0.25) is 0 Å². The van der Waals surface area contributed by atoms with Crippen molar-refractivity contribution < 1.29 is 9.47 Å². The quantitative estimate of drug-likeness (QED) is 0.648. The van der Waals surface area contributed by atoms with Gasteiger partial charge in [-0.1, -0.05) is 19.8 Å². The van der Waals surface area contributed by atoms with Crippen LogP contribution in [0.5, 0.6) is 11.5 Å². The minimum Gasteiger partial charge on any atom is -0.494 e. The highest BCUT2D eigenvalue weighted by Crippen LogP contribution is 2.17. The predicted octanol–water partition coefficient (Wildman–Crippen LogP) is 3.24. The topological polar surface area (TPSA) is 30.5 Å². The molecule has 1 rings (SSSR count). The van der Waals surface area contributed by atoms with Gasteiger partial charge in [-0.05, 0) is 44.2 Å². The Morgan fingerprint density at radius 3 is 2.17 bits per heavy atom. The van der Waals surface area contributed by atoms with Crippen LogP contribution in [0.4, 0.5) is 0 Å². The molecule has 1 aromatic carbocycles. The Balaban J connectivity index is 2.08. The van der Waals surface area contributed by atoms with Gasteiger partial charge < -0.3 is 14.8 Å². The summed E-state index contributed by atoms with van der Waals surface area (Å²) < 4.78 is 11.0. The Labute approximate surface area is 110 Å². The average Bonchev–Trinajstić information content (AvgIpc) is 2.40.